The molecular formula is C21H22Cl2N2O5S. The summed E-state index contributed by atoms with van der Waals surface area (Å²) in [5, 5.41) is 12.5. The molecule has 166 valence electrons. The van der Waals surface area contributed by atoms with Gasteiger partial charge in [0.2, 0.25) is 0 Å². The molecule has 2 N–H and O–H groups in total. The van der Waals surface area contributed by atoms with Gasteiger partial charge in [0.15, 0.2) is 9.84 Å². The summed E-state index contributed by atoms with van der Waals surface area (Å²) in [5.41, 5.74) is 2.28. The Morgan fingerprint density at radius 1 is 1.26 bits per heavy atom. The largest absolute Gasteiger partial charge is 0.480 e. The van der Waals surface area contributed by atoms with E-state index in [0.29, 0.717) is 18.5 Å². The van der Waals surface area contributed by atoms with Crippen LogP contribution in [0.15, 0.2) is 35.2 Å². The Morgan fingerprint density at radius 3 is 2.61 bits per heavy atom. The lowest BCUT2D eigenvalue weighted by Crippen LogP contribution is -2.42. The van der Waals surface area contributed by atoms with Crippen LogP contribution in [0.5, 0.6) is 0 Å². The summed E-state index contributed by atoms with van der Waals surface area (Å²) in [4.78, 5) is 26.9. The van der Waals surface area contributed by atoms with Gasteiger partial charge < -0.3 is 15.3 Å². The molecule has 0 spiro atoms. The van der Waals surface area contributed by atoms with E-state index in [2.05, 4.69) is 10.2 Å². The third-order valence-electron chi connectivity index (χ3n) is 5.19. The predicted molar refractivity (Wildman–Crippen MR) is 119 cm³/mol. The molecule has 1 aliphatic rings. The molecule has 0 radical (unpaired) electrons. The van der Waals surface area contributed by atoms with E-state index in [0.717, 1.165) is 23.9 Å². The fourth-order valence-corrected chi connectivity index (χ4v) is 5.03. The summed E-state index contributed by atoms with van der Waals surface area (Å²) in [6.45, 7) is 1.44. The van der Waals surface area contributed by atoms with E-state index in [1.54, 1.807) is 12.1 Å². The van der Waals surface area contributed by atoms with Gasteiger partial charge in [-0.3, -0.25) is 4.79 Å². The quantitative estimate of drug-likeness (QED) is 0.653. The molecule has 1 heterocycles. The molecule has 2 aromatic carbocycles. The van der Waals surface area contributed by atoms with Gasteiger partial charge in [-0.15, -0.1) is 0 Å². The van der Waals surface area contributed by atoms with E-state index < -0.39 is 27.8 Å². The average molecular weight is 485 g/mol. The van der Waals surface area contributed by atoms with Crippen molar-refractivity contribution in [3.63, 3.8) is 0 Å². The molecule has 1 aliphatic heterocycles. The Bertz CT molecular complexity index is 1150. The molecule has 0 saturated heterocycles. The number of carboxylic acid groups (broad SMARTS) is 1. The number of nitrogens with zero attached hydrogens (tertiary/aromatic N) is 1. The Kier molecular flexibility index (Phi) is 6.95. The number of hydrogen-bond acceptors (Lipinski definition) is 5. The molecule has 0 aromatic heterocycles. The molecule has 1 amide bonds. The van der Waals surface area contributed by atoms with Gasteiger partial charge in [0.25, 0.3) is 5.91 Å². The minimum Gasteiger partial charge on any atom is -0.480 e. The number of benzene rings is 2. The minimum absolute atomic E-state index is 0.0442. The maximum atomic E-state index is 12.9. The number of fused-ring (bicyclic) bond motifs is 1. The van der Waals surface area contributed by atoms with E-state index in [1.807, 2.05) is 7.05 Å². The van der Waals surface area contributed by atoms with Crippen molar-refractivity contribution < 1.29 is 23.1 Å². The Hall–Kier alpha value is -2.13. The number of halogens is 2. The normalized spacial score (nSPS) is 15.2. The number of carboxylic acids is 1. The van der Waals surface area contributed by atoms with Gasteiger partial charge in [0.1, 0.15) is 6.04 Å². The highest BCUT2D eigenvalue weighted by molar-refractivity contribution is 7.90. The lowest BCUT2D eigenvalue weighted by atomic mass is 9.96. The van der Waals surface area contributed by atoms with Crippen LogP contribution in [-0.2, 0) is 34.0 Å². The Morgan fingerprint density at radius 2 is 1.97 bits per heavy atom. The maximum absolute atomic E-state index is 12.9. The van der Waals surface area contributed by atoms with Crippen molar-refractivity contribution in [2.24, 2.45) is 0 Å². The number of hydrogen-bond donors (Lipinski definition) is 2. The van der Waals surface area contributed by atoms with E-state index >= 15 is 0 Å². The highest BCUT2D eigenvalue weighted by atomic mass is 35.5. The number of carbonyl (C=O) groups is 2. The van der Waals surface area contributed by atoms with E-state index in [9.17, 15) is 23.1 Å². The molecular weight excluding hydrogens is 463 g/mol. The van der Waals surface area contributed by atoms with Crippen molar-refractivity contribution >= 4 is 44.9 Å². The summed E-state index contributed by atoms with van der Waals surface area (Å²) in [6, 6.07) is 6.35. The summed E-state index contributed by atoms with van der Waals surface area (Å²) in [7, 11) is -1.47. The van der Waals surface area contributed by atoms with Crippen LogP contribution < -0.4 is 5.32 Å². The van der Waals surface area contributed by atoms with Gasteiger partial charge >= 0.3 is 5.97 Å². The summed E-state index contributed by atoms with van der Waals surface area (Å²) >= 11 is 12.8. The second kappa shape index (κ2) is 9.16. The van der Waals surface area contributed by atoms with E-state index in [-0.39, 0.29) is 26.9 Å². The molecule has 1 unspecified atom stereocenters. The fraction of sp³-hybridized carbons (Fsp3) is 0.333. The molecule has 31 heavy (non-hydrogen) atoms. The van der Waals surface area contributed by atoms with Crippen LogP contribution in [0.4, 0.5) is 0 Å². The smallest absolute Gasteiger partial charge is 0.326 e. The van der Waals surface area contributed by atoms with E-state index in [1.165, 1.54) is 18.2 Å². The van der Waals surface area contributed by atoms with Crippen molar-refractivity contribution in [3.05, 3.63) is 62.6 Å². The first-order valence-corrected chi connectivity index (χ1v) is 12.1. The van der Waals surface area contributed by atoms with E-state index in [4.69, 9.17) is 23.2 Å². The molecule has 0 fully saturated rings. The number of nitrogens with one attached hydrogen (secondary N) is 1. The second-order valence-corrected chi connectivity index (χ2v) is 10.5. The van der Waals surface area contributed by atoms with Gasteiger partial charge in [-0.25, -0.2) is 13.2 Å². The van der Waals surface area contributed by atoms with Gasteiger partial charge in [-0.2, -0.15) is 0 Å². The molecule has 0 saturated carbocycles. The summed E-state index contributed by atoms with van der Waals surface area (Å²) in [5.74, 6) is -1.95. The van der Waals surface area contributed by atoms with Crippen molar-refractivity contribution in [2.45, 2.75) is 30.3 Å². The predicted octanol–water partition coefficient (Wildman–Crippen LogP) is 2.81. The fourth-order valence-electron chi connectivity index (χ4n) is 3.57. The van der Waals surface area contributed by atoms with Crippen LogP contribution >= 0.6 is 23.2 Å². The zero-order chi connectivity index (χ0) is 22.9. The minimum atomic E-state index is -3.44. The molecule has 10 heteroatoms. The van der Waals surface area contributed by atoms with Crippen LogP contribution in [-0.4, -0.2) is 56.2 Å². The SMILES string of the molecule is CN1CCc2c(cc(Cl)c(C(=O)NC(Cc3cccc(S(C)(=O)=O)c3)C(=O)O)c2Cl)C1. The third-order valence-corrected chi connectivity index (χ3v) is 7.02. The zero-order valence-corrected chi connectivity index (χ0v) is 19.3. The Balaban J connectivity index is 1.86. The second-order valence-electron chi connectivity index (χ2n) is 7.66. The molecule has 0 aliphatic carbocycles. The van der Waals surface area contributed by atoms with Crippen LogP contribution in [0.25, 0.3) is 0 Å². The van der Waals surface area contributed by atoms with Crippen LogP contribution in [0.2, 0.25) is 10.0 Å². The summed E-state index contributed by atoms with van der Waals surface area (Å²) in [6.07, 6.45) is 1.62. The van der Waals surface area contributed by atoms with Crippen LogP contribution in [0, 0.1) is 0 Å². The van der Waals surface area contributed by atoms with Crippen molar-refractivity contribution in [2.75, 3.05) is 19.8 Å². The molecule has 3 rings (SSSR count). The lowest BCUT2D eigenvalue weighted by Gasteiger charge is -2.27. The number of sulfone groups is 1. The van der Waals surface area contributed by atoms with Crippen molar-refractivity contribution in [3.8, 4) is 0 Å². The van der Waals surface area contributed by atoms with Crippen molar-refractivity contribution in [1.29, 1.82) is 0 Å². The number of amides is 1. The number of aliphatic carboxylic acids is 1. The molecule has 7 nitrogen and oxygen atoms in total. The molecule has 0 bridgehead atoms. The third kappa shape index (κ3) is 5.38. The first kappa shape index (κ1) is 23.5. The van der Waals surface area contributed by atoms with Crippen LogP contribution in [0.3, 0.4) is 0 Å². The Labute approximate surface area is 190 Å². The lowest BCUT2D eigenvalue weighted by molar-refractivity contribution is -0.139. The van der Waals surface area contributed by atoms with Gasteiger partial charge in [0.05, 0.1) is 20.5 Å². The zero-order valence-electron chi connectivity index (χ0n) is 17.0. The van der Waals surface area contributed by atoms with Crippen molar-refractivity contribution in [1.82, 2.24) is 10.2 Å². The summed E-state index contributed by atoms with van der Waals surface area (Å²) < 4.78 is 23.5. The number of carbonyl (C=O) groups excluding carboxylic acids is 1. The van der Waals surface area contributed by atoms with Gasteiger partial charge in [-0.1, -0.05) is 35.3 Å². The van der Waals surface area contributed by atoms with Gasteiger partial charge in [-0.05, 0) is 48.4 Å². The highest BCUT2D eigenvalue weighted by Gasteiger charge is 2.27. The van der Waals surface area contributed by atoms with Crippen LogP contribution in [0.1, 0.15) is 27.0 Å². The van der Waals surface area contributed by atoms with Gasteiger partial charge in [0, 0.05) is 25.8 Å². The monoisotopic (exact) mass is 484 g/mol. The molecule has 1 atom stereocenters. The highest BCUT2D eigenvalue weighted by Crippen LogP contribution is 2.34. The number of rotatable bonds is 6. The topological polar surface area (TPSA) is 104 Å². The molecule has 2 aromatic rings. The number of likely N-dealkylation sites (N-methyl/N-ethyl adjacent to an activating group) is 1. The average Bonchev–Trinajstić information content (AvgIpc) is 2.66. The first-order valence-electron chi connectivity index (χ1n) is 9.48. The first-order chi connectivity index (χ1) is 14.5. The standard InChI is InChI=1S/C21H22Cl2N2O5S/c1-25-7-6-15-13(11-25)10-16(22)18(19(15)23)20(26)24-17(21(27)28)9-12-4-3-5-14(8-12)31(2,29)30/h3-5,8,10,17H,6-7,9,11H2,1-2H3,(H,24,26)(H,27,28). The maximum Gasteiger partial charge on any atom is 0.326 e.